The van der Waals surface area contributed by atoms with Crippen molar-refractivity contribution in [1.82, 2.24) is 0 Å². The number of nitrogens with one attached hydrogen (secondary N) is 1. The van der Waals surface area contributed by atoms with Gasteiger partial charge in [-0.3, -0.25) is 14.4 Å². The molecule has 3 amide bonds. The molecule has 8 heteroatoms. The van der Waals surface area contributed by atoms with Crippen LogP contribution >= 0.6 is 11.8 Å². The van der Waals surface area contributed by atoms with Crippen LogP contribution in [0.2, 0.25) is 0 Å². The van der Waals surface area contributed by atoms with Gasteiger partial charge in [-0.15, -0.1) is 11.8 Å². The summed E-state index contributed by atoms with van der Waals surface area (Å²) in [5, 5.41) is 10.6. The number of hydrogen-bond acceptors (Lipinski definition) is 5. The van der Waals surface area contributed by atoms with Gasteiger partial charge in [0.2, 0.25) is 17.7 Å². The van der Waals surface area contributed by atoms with Crippen LogP contribution in [0.15, 0.2) is 71.6 Å². The Kier molecular flexibility index (Phi) is 5.90. The van der Waals surface area contributed by atoms with Crippen LogP contribution in [0.25, 0.3) is 0 Å². The maximum Gasteiger partial charge on any atom is 0.328 e. The summed E-state index contributed by atoms with van der Waals surface area (Å²) in [7, 11) is 0. The highest BCUT2D eigenvalue weighted by Crippen LogP contribution is 2.34. The van der Waals surface area contributed by atoms with E-state index in [1.807, 2.05) is 6.07 Å². The summed E-state index contributed by atoms with van der Waals surface area (Å²) in [6, 6.07) is 15.6. The Morgan fingerprint density at radius 2 is 1.82 bits per heavy atom. The molecule has 2 aromatic rings. The molecular weight excluding hydrogens is 380 g/mol. The zero-order valence-electron chi connectivity index (χ0n) is 14.6. The number of nitrogens with zero attached hydrogens (tertiary/aromatic N) is 1. The molecule has 28 heavy (non-hydrogen) atoms. The van der Waals surface area contributed by atoms with Crippen LogP contribution in [0.5, 0.6) is 0 Å². The number of imide groups is 1. The van der Waals surface area contributed by atoms with E-state index >= 15 is 0 Å². The lowest BCUT2D eigenvalue weighted by Gasteiger charge is -2.14. The van der Waals surface area contributed by atoms with Crippen molar-refractivity contribution in [3.63, 3.8) is 0 Å². The predicted molar refractivity (Wildman–Crippen MR) is 105 cm³/mol. The van der Waals surface area contributed by atoms with Crippen molar-refractivity contribution < 1.29 is 24.3 Å². The number of hydrogen-bond donors (Lipinski definition) is 2. The average molecular weight is 396 g/mol. The molecule has 0 saturated carbocycles. The molecule has 0 bridgehead atoms. The SMILES string of the molecule is O=C(O)C=CC(=O)Nc1cccc(SC2CC(=O)N(c3ccccc3)C2=O)c1. The Hall–Kier alpha value is -3.39. The molecular formula is C20H16N2O5S. The van der Waals surface area contributed by atoms with E-state index in [-0.39, 0.29) is 18.2 Å². The third kappa shape index (κ3) is 4.66. The van der Waals surface area contributed by atoms with Crippen LogP contribution in [0, 0.1) is 0 Å². The fraction of sp³-hybridized carbons (Fsp3) is 0.100. The summed E-state index contributed by atoms with van der Waals surface area (Å²) in [6.07, 6.45) is 1.75. The van der Waals surface area contributed by atoms with E-state index in [2.05, 4.69) is 5.32 Å². The van der Waals surface area contributed by atoms with Crippen LogP contribution in [0.4, 0.5) is 11.4 Å². The quantitative estimate of drug-likeness (QED) is 0.575. The predicted octanol–water partition coefficient (Wildman–Crippen LogP) is 2.69. The lowest BCUT2D eigenvalue weighted by molar-refractivity contribution is -0.131. The van der Waals surface area contributed by atoms with Gasteiger partial charge in [0, 0.05) is 29.2 Å². The number of anilines is 2. The fourth-order valence-electron chi connectivity index (χ4n) is 2.69. The first-order chi connectivity index (χ1) is 13.4. The number of carboxylic acid groups (broad SMARTS) is 1. The molecule has 0 aromatic heterocycles. The Labute approximate surface area is 165 Å². The van der Waals surface area contributed by atoms with Crippen LogP contribution in [-0.4, -0.2) is 34.0 Å². The first kappa shape index (κ1) is 19.4. The van der Waals surface area contributed by atoms with Crippen molar-refractivity contribution in [3.05, 3.63) is 66.7 Å². The van der Waals surface area contributed by atoms with Crippen molar-refractivity contribution in [2.24, 2.45) is 0 Å². The molecule has 1 saturated heterocycles. The van der Waals surface area contributed by atoms with Gasteiger partial charge in [-0.1, -0.05) is 24.3 Å². The highest BCUT2D eigenvalue weighted by molar-refractivity contribution is 8.00. The maximum absolute atomic E-state index is 12.7. The molecule has 1 unspecified atom stereocenters. The van der Waals surface area contributed by atoms with Crippen molar-refractivity contribution in [2.75, 3.05) is 10.2 Å². The topological polar surface area (TPSA) is 104 Å². The summed E-state index contributed by atoms with van der Waals surface area (Å²) >= 11 is 1.25. The van der Waals surface area contributed by atoms with Gasteiger partial charge < -0.3 is 10.4 Å². The minimum absolute atomic E-state index is 0.0936. The Morgan fingerprint density at radius 1 is 1.07 bits per heavy atom. The molecule has 3 rings (SSSR count). The average Bonchev–Trinajstić information content (AvgIpc) is 2.94. The van der Waals surface area contributed by atoms with Crippen LogP contribution in [0.3, 0.4) is 0 Å². The highest BCUT2D eigenvalue weighted by atomic mass is 32.2. The van der Waals surface area contributed by atoms with Gasteiger partial charge in [0.05, 0.1) is 10.9 Å². The summed E-state index contributed by atoms with van der Waals surface area (Å²) in [5.74, 6) is -2.32. The first-order valence-electron chi connectivity index (χ1n) is 8.34. The van der Waals surface area contributed by atoms with Crippen LogP contribution in [-0.2, 0) is 19.2 Å². The van der Waals surface area contributed by atoms with Crippen molar-refractivity contribution in [2.45, 2.75) is 16.6 Å². The molecule has 0 radical (unpaired) electrons. The third-order valence-electron chi connectivity index (χ3n) is 3.88. The highest BCUT2D eigenvalue weighted by Gasteiger charge is 2.40. The van der Waals surface area contributed by atoms with Crippen molar-refractivity contribution in [1.29, 1.82) is 0 Å². The maximum atomic E-state index is 12.7. The van der Waals surface area contributed by atoms with E-state index in [9.17, 15) is 19.2 Å². The van der Waals surface area contributed by atoms with Gasteiger partial charge in [0.1, 0.15) is 0 Å². The fourth-order valence-corrected chi connectivity index (χ4v) is 3.80. The van der Waals surface area contributed by atoms with Crippen LogP contribution < -0.4 is 10.2 Å². The molecule has 2 aromatic carbocycles. The van der Waals surface area contributed by atoms with Gasteiger partial charge in [-0.05, 0) is 30.3 Å². The number of rotatable bonds is 6. The summed E-state index contributed by atoms with van der Waals surface area (Å²) < 4.78 is 0. The lowest BCUT2D eigenvalue weighted by atomic mass is 10.3. The zero-order chi connectivity index (χ0) is 20.1. The molecule has 7 nitrogen and oxygen atoms in total. The van der Waals surface area contributed by atoms with Crippen molar-refractivity contribution >= 4 is 46.8 Å². The van der Waals surface area contributed by atoms with Crippen molar-refractivity contribution in [3.8, 4) is 0 Å². The summed E-state index contributed by atoms with van der Waals surface area (Å²) in [5.41, 5.74) is 1.01. The van der Waals surface area contributed by atoms with E-state index in [0.29, 0.717) is 16.3 Å². The third-order valence-corrected chi connectivity index (χ3v) is 5.06. The van der Waals surface area contributed by atoms with E-state index in [1.54, 1.807) is 48.5 Å². The number of carbonyl (C=O) groups is 4. The second kappa shape index (κ2) is 8.53. The minimum Gasteiger partial charge on any atom is -0.478 e. The van der Waals surface area contributed by atoms with Gasteiger partial charge in [-0.25, -0.2) is 9.69 Å². The molecule has 1 atom stereocenters. The van der Waals surface area contributed by atoms with E-state index in [0.717, 1.165) is 12.2 Å². The number of benzene rings is 2. The summed E-state index contributed by atoms with van der Waals surface area (Å²) in [4.78, 5) is 49.0. The number of para-hydroxylation sites is 1. The standard InChI is InChI=1S/C20H16N2O5S/c23-17(9-10-19(25)26)21-13-5-4-8-15(11-13)28-16-12-18(24)22(20(16)27)14-6-2-1-3-7-14/h1-11,16H,12H2,(H,21,23)(H,25,26). The number of carbonyl (C=O) groups excluding carboxylic acids is 3. The monoisotopic (exact) mass is 396 g/mol. The van der Waals surface area contributed by atoms with Crippen LogP contribution in [0.1, 0.15) is 6.42 Å². The number of amides is 3. The molecule has 0 aliphatic carbocycles. The Bertz CT molecular complexity index is 958. The lowest BCUT2D eigenvalue weighted by Crippen LogP contribution is -2.30. The van der Waals surface area contributed by atoms with Gasteiger partial charge in [0.15, 0.2) is 0 Å². The van der Waals surface area contributed by atoms with E-state index in [1.165, 1.54) is 16.7 Å². The van der Waals surface area contributed by atoms with Gasteiger partial charge >= 0.3 is 5.97 Å². The molecule has 1 heterocycles. The smallest absolute Gasteiger partial charge is 0.328 e. The Morgan fingerprint density at radius 3 is 2.54 bits per heavy atom. The molecule has 142 valence electrons. The normalized spacial score (nSPS) is 16.6. The molecule has 1 aliphatic rings. The second-order valence-electron chi connectivity index (χ2n) is 5.90. The summed E-state index contributed by atoms with van der Waals surface area (Å²) in [6.45, 7) is 0. The largest absolute Gasteiger partial charge is 0.478 e. The Balaban J connectivity index is 1.69. The van der Waals surface area contributed by atoms with E-state index < -0.39 is 17.1 Å². The number of thioether (sulfide) groups is 1. The van der Waals surface area contributed by atoms with E-state index in [4.69, 9.17) is 5.11 Å². The number of carboxylic acids is 1. The molecule has 2 N–H and O–H groups in total. The second-order valence-corrected chi connectivity index (χ2v) is 7.18. The number of aliphatic carboxylic acids is 1. The molecule has 1 fully saturated rings. The van der Waals surface area contributed by atoms with Gasteiger partial charge in [-0.2, -0.15) is 0 Å². The molecule has 0 spiro atoms. The zero-order valence-corrected chi connectivity index (χ0v) is 15.4. The first-order valence-corrected chi connectivity index (χ1v) is 9.22. The van der Waals surface area contributed by atoms with Gasteiger partial charge in [0.25, 0.3) is 0 Å². The molecule has 1 aliphatic heterocycles. The minimum atomic E-state index is -1.22.